The Hall–Kier alpha value is -1.81. The van der Waals surface area contributed by atoms with E-state index in [2.05, 4.69) is 5.16 Å². The Kier molecular flexibility index (Phi) is 2.69. The highest BCUT2D eigenvalue weighted by Crippen LogP contribution is 2.25. The van der Waals surface area contributed by atoms with Crippen LogP contribution in [-0.4, -0.2) is 12.3 Å². The maximum Gasteiger partial charge on any atom is 0.222 e. The molecule has 2 rings (SSSR count). The normalized spacial score (nSPS) is 12.6. The van der Waals surface area contributed by atoms with Gasteiger partial charge in [0.1, 0.15) is 11.8 Å². The maximum atomic E-state index is 5.46. The molecule has 15 heavy (non-hydrogen) atoms. The molecule has 0 aliphatic carbocycles. The first-order valence-electron chi connectivity index (χ1n) is 4.61. The number of benzene rings is 1. The van der Waals surface area contributed by atoms with Crippen molar-refractivity contribution in [3.63, 3.8) is 0 Å². The standard InChI is InChI=1S/C11H12N2O2/c1-14-11(8-5-3-2-4-6-8)9-7-10(12)15-13-9/h2-7,11H,12H2,1H3/t11-/m1/s1. The molecule has 0 bridgehead atoms. The fourth-order valence-corrected chi connectivity index (χ4v) is 1.48. The number of methoxy groups -OCH3 is 1. The molecule has 2 aromatic rings. The smallest absolute Gasteiger partial charge is 0.222 e. The van der Waals surface area contributed by atoms with Gasteiger partial charge in [-0.05, 0) is 5.56 Å². The van der Waals surface area contributed by atoms with Crippen molar-refractivity contribution < 1.29 is 9.26 Å². The molecule has 1 heterocycles. The zero-order valence-corrected chi connectivity index (χ0v) is 8.38. The number of hydrogen-bond donors (Lipinski definition) is 1. The molecular weight excluding hydrogens is 192 g/mol. The minimum Gasteiger partial charge on any atom is -0.370 e. The molecule has 0 fully saturated rings. The summed E-state index contributed by atoms with van der Waals surface area (Å²) in [5, 5.41) is 3.84. The lowest BCUT2D eigenvalue weighted by Crippen LogP contribution is -2.03. The summed E-state index contributed by atoms with van der Waals surface area (Å²) >= 11 is 0. The van der Waals surface area contributed by atoms with E-state index < -0.39 is 0 Å². The lowest BCUT2D eigenvalue weighted by molar-refractivity contribution is 0.129. The Labute approximate surface area is 87.6 Å². The fourth-order valence-electron chi connectivity index (χ4n) is 1.48. The third-order valence-electron chi connectivity index (χ3n) is 2.15. The molecule has 0 radical (unpaired) electrons. The van der Waals surface area contributed by atoms with Crippen LogP contribution < -0.4 is 5.73 Å². The summed E-state index contributed by atoms with van der Waals surface area (Å²) in [6.45, 7) is 0. The average Bonchev–Trinajstić information content (AvgIpc) is 2.68. The molecule has 1 aromatic heterocycles. The van der Waals surface area contributed by atoms with E-state index in [0.717, 1.165) is 5.56 Å². The number of rotatable bonds is 3. The predicted octanol–water partition coefficient (Wildman–Crippen LogP) is 1.99. The summed E-state index contributed by atoms with van der Waals surface area (Å²) < 4.78 is 10.2. The lowest BCUT2D eigenvalue weighted by atomic mass is 10.1. The van der Waals surface area contributed by atoms with Crippen molar-refractivity contribution in [1.82, 2.24) is 5.16 Å². The molecule has 78 valence electrons. The number of ether oxygens (including phenoxy) is 1. The average molecular weight is 204 g/mol. The van der Waals surface area contributed by atoms with Gasteiger partial charge in [-0.15, -0.1) is 0 Å². The highest BCUT2D eigenvalue weighted by Gasteiger charge is 2.16. The molecule has 1 atom stereocenters. The molecule has 0 unspecified atom stereocenters. The topological polar surface area (TPSA) is 61.3 Å². The van der Waals surface area contributed by atoms with Crippen LogP contribution in [0.4, 0.5) is 5.88 Å². The van der Waals surface area contributed by atoms with Crippen molar-refractivity contribution in [2.75, 3.05) is 12.8 Å². The van der Waals surface area contributed by atoms with Gasteiger partial charge in [0, 0.05) is 13.2 Å². The molecule has 4 heteroatoms. The molecular formula is C11H12N2O2. The number of aromatic nitrogens is 1. The van der Waals surface area contributed by atoms with Crippen LogP contribution in [0, 0.1) is 0 Å². The second kappa shape index (κ2) is 4.14. The number of nitrogens with zero attached hydrogens (tertiary/aromatic N) is 1. The Morgan fingerprint density at radius 3 is 2.60 bits per heavy atom. The molecule has 0 saturated carbocycles. The fraction of sp³-hybridized carbons (Fsp3) is 0.182. The van der Waals surface area contributed by atoms with Crippen LogP contribution in [0.3, 0.4) is 0 Å². The molecule has 1 aromatic carbocycles. The predicted molar refractivity (Wildman–Crippen MR) is 56.2 cm³/mol. The van der Waals surface area contributed by atoms with Gasteiger partial charge in [-0.3, -0.25) is 0 Å². The van der Waals surface area contributed by atoms with Crippen molar-refractivity contribution in [2.45, 2.75) is 6.10 Å². The Morgan fingerprint density at radius 2 is 2.07 bits per heavy atom. The van der Waals surface area contributed by atoms with Gasteiger partial charge < -0.3 is 15.0 Å². The van der Waals surface area contributed by atoms with Crippen LogP contribution in [0.2, 0.25) is 0 Å². The van der Waals surface area contributed by atoms with Crippen molar-refractivity contribution in [2.24, 2.45) is 0 Å². The first-order chi connectivity index (χ1) is 7.31. The maximum absolute atomic E-state index is 5.46. The number of hydrogen-bond acceptors (Lipinski definition) is 4. The summed E-state index contributed by atoms with van der Waals surface area (Å²) in [7, 11) is 1.63. The van der Waals surface area contributed by atoms with Crippen LogP contribution in [0.15, 0.2) is 40.9 Å². The van der Waals surface area contributed by atoms with E-state index in [1.807, 2.05) is 30.3 Å². The molecule has 0 spiro atoms. The molecule has 2 N–H and O–H groups in total. The van der Waals surface area contributed by atoms with E-state index in [0.29, 0.717) is 11.6 Å². The minimum atomic E-state index is -0.229. The second-order valence-electron chi connectivity index (χ2n) is 3.18. The van der Waals surface area contributed by atoms with Crippen molar-refractivity contribution in [3.05, 3.63) is 47.7 Å². The lowest BCUT2D eigenvalue weighted by Gasteiger charge is -2.11. The summed E-state index contributed by atoms with van der Waals surface area (Å²) in [4.78, 5) is 0. The van der Waals surface area contributed by atoms with Gasteiger partial charge in [0.15, 0.2) is 0 Å². The van der Waals surface area contributed by atoms with E-state index >= 15 is 0 Å². The quantitative estimate of drug-likeness (QED) is 0.830. The molecule has 0 aliphatic rings. The van der Waals surface area contributed by atoms with Crippen LogP contribution in [0.1, 0.15) is 17.4 Å². The molecule has 4 nitrogen and oxygen atoms in total. The first-order valence-corrected chi connectivity index (χ1v) is 4.61. The number of nitrogen functional groups attached to an aromatic ring is 1. The van der Waals surface area contributed by atoms with Crippen LogP contribution >= 0.6 is 0 Å². The monoisotopic (exact) mass is 204 g/mol. The summed E-state index contributed by atoms with van der Waals surface area (Å²) in [6, 6.07) is 11.5. The van der Waals surface area contributed by atoms with Gasteiger partial charge in [0.2, 0.25) is 5.88 Å². The zero-order valence-electron chi connectivity index (χ0n) is 8.38. The van der Waals surface area contributed by atoms with E-state index in [-0.39, 0.29) is 6.10 Å². The summed E-state index contributed by atoms with van der Waals surface area (Å²) in [5.74, 6) is 0.294. The molecule has 0 aliphatic heterocycles. The minimum absolute atomic E-state index is 0.229. The SMILES string of the molecule is CO[C@H](c1ccccc1)c1cc(N)on1. The summed E-state index contributed by atoms with van der Waals surface area (Å²) in [5.41, 5.74) is 7.17. The Morgan fingerprint density at radius 1 is 1.33 bits per heavy atom. The highest BCUT2D eigenvalue weighted by molar-refractivity contribution is 5.31. The number of nitrogens with two attached hydrogens (primary N) is 1. The Balaban J connectivity index is 2.33. The van der Waals surface area contributed by atoms with Crippen LogP contribution in [0.5, 0.6) is 0 Å². The van der Waals surface area contributed by atoms with Gasteiger partial charge in [-0.1, -0.05) is 35.5 Å². The van der Waals surface area contributed by atoms with Crippen molar-refractivity contribution in [1.29, 1.82) is 0 Å². The van der Waals surface area contributed by atoms with E-state index in [9.17, 15) is 0 Å². The second-order valence-corrected chi connectivity index (χ2v) is 3.18. The third-order valence-corrected chi connectivity index (χ3v) is 2.15. The zero-order chi connectivity index (χ0) is 10.7. The summed E-state index contributed by atoms with van der Waals surface area (Å²) in [6.07, 6.45) is -0.229. The van der Waals surface area contributed by atoms with Gasteiger partial charge in [-0.25, -0.2) is 0 Å². The Bertz CT molecular complexity index is 425. The van der Waals surface area contributed by atoms with Gasteiger partial charge >= 0.3 is 0 Å². The van der Waals surface area contributed by atoms with Crippen LogP contribution in [0.25, 0.3) is 0 Å². The van der Waals surface area contributed by atoms with Gasteiger partial charge in [0.25, 0.3) is 0 Å². The van der Waals surface area contributed by atoms with Gasteiger partial charge in [0.05, 0.1) is 0 Å². The molecule has 0 amide bonds. The van der Waals surface area contributed by atoms with Gasteiger partial charge in [-0.2, -0.15) is 0 Å². The molecule has 0 saturated heterocycles. The number of anilines is 1. The van der Waals surface area contributed by atoms with E-state index in [1.54, 1.807) is 13.2 Å². The van der Waals surface area contributed by atoms with Crippen molar-refractivity contribution in [3.8, 4) is 0 Å². The van der Waals surface area contributed by atoms with E-state index in [4.69, 9.17) is 15.0 Å². The third kappa shape index (κ3) is 1.99. The highest BCUT2D eigenvalue weighted by atomic mass is 16.5. The first kappa shape index (κ1) is 9.73. The largest absolute Gasteiger partial charge is 0.370 e. The van der Waals surface area contributed by atoms with E-state index in [1.165, 1.54) is 0 Å². The van der Waals surface area contributed by atoms with Crippen LogP contribution in [-0.2, 0) is 4.74 Å². The van der Waals surface area contributed by atoms with Crippen molar-refractivity contribution >= 4 is 5.88 Å².